The Kier molecular flexibility index (Phi) is 4.49. The maximum absolute atomic E-state index is 13.2. The van der Waals surface area contributed by atoms with Gasteiger partial charge in [-0.1, -0.05) is 24.6 Å². The Balaban J connectivity index is 1.99. The van der Waals surface area contributed by atoms with E-state index in [1.165, 1.54) is 4.68 Å². The molecule has 1 aromatic carbocycles. The van der Waals surface area contributed by atoms with Gasteiger partial charge in [0, 0.05) is 16.3 Å². The van der Waals surface area contributed by atoms with E-state index in [0.29, 0.717) is 40.0 Å². The number of alkyl halides is 3. The van der Waals surface area contributed by atoms with Crippen molar-refractivity contribution in [1.82, 2.24) is 19.4 Å². The van der Waals surface area contributed by atoms with Gasteiger partial charge in [0.15, 0.2) is 11.4 Å². The van der Waals surface area contributed by atoms with Gasteiger partial charge in [0.25, 0.3) is 0 Å². The third-order valence-electron chi connectivity index (χ3n) is 4.85. The van der Waals surface area contributed by atoms with Crippen LogP contribution < -0.4 is 0 Å². The first-order chi connectivity index (χ1) is 13.6. The van der Waals surface area contributed by atoms with Gasteiger partial charge in [0.2, 0.25) is 5.71 Å². The minimum Gasteiger partial charge on any atom is -0.439 e. The van der Waals surface area contributed by atoms with Gasteiger partial charge in [0.05, 0.1) is 5.69 Å². The number of hydrogen-bond acceptors (Lipinski definition) is 3. The van der Waals surface area contributed by atoms with Crippen LogP contribution in [-0.4, -0.2) is 19.4 Å². The molecule has 0 saturated carbocycles. The van der Waals surface area contributed by atoms with E-state index < -0.39 is 11.9 Å². The molecule has 5 nitrogen and oxygen atoms in total. The van der Waals surface area contributed by atoms with Crippen LogP contribution in [0.1, 0.15) is 35.3 Å². The predicted molar refractivity (Wildman–Crippen MR) is 104 cm³/mol. The van der Waals surface area contributed by atoms with Gasteiger partial charge < -0.3 is 4.42 Å². The summed E-state index contributed by atoms with van der Waals surface area (Å²) in [5, 5.41) is 9.03. The number of oxazole rings is 1. The van der Waals surface area contributed by atoms with Crippen LogP contribution >= 0.6 is 11.6 Å². The van der Waals surface area contributed by atoms with E-state index in [1.54, 1.807) is 24.4 Å². The second kappa shape index (κ2) is 6.66. The third-order valence-corrected chi connectivity index (χ3v) is 5.09. The highest BCUT2D eigenvalue weighted by Crippen LogP contribution is 2.36. The van der Waals surface area contributed by atoms with Crippen LogP contribution in [0.25, 0.3) is 22.7 Å². The van der Waals surface area contributed by atoms with Gasteiger partial charge in [-0.25, -0.2) is 4.68 Å². The highest BCUT2D eigenvalue weighted by Gasteiger charge is 2.35. The van der Waals surface area contributed by atoms with Gasteiger partial charge in [0.1, 0.15) is 11.5 Å². The van der Waals surface area contributed by atoms with E-state index in [4.69, 9.17) is 16.0 Å². The standard InChI is InChI=1S/C20H18ClF3N4O/c1-5-15-18(27-11(3)9-16(26-27)20(22,23)24)19-28(25-15)17(12(4)29-19)14-7-6-13(21)8-10(14)2/h6-9H,5H2,1-4H3. The van der Waals surface area contributed by atoms with E-state index in [0.717, 1.165) is 22.9 Å². The largest absolute Gasteiger partial charge is 0.439 e. The fourth-order valence-corrected chi connectivity index (χ4v) is 3.74. The average molecular weight is 423 g/mol. The van der Waals surface area contributed by atoms with Crippen molar-refractivity contribution in [3.63, 3.8) is 0 Å². The fourth-order valence-electron chi connectivity index (χ4n) is 3.51. The van der Waals surface area contributed by atoms with E-state index in [-0.39, 0.29) is 0 Å². The summed E-state index contributed by atoms with van der Waals surface area (Å²) in [6.07, 6.45) is -4.02. The zero-order chi connectivity index (χ0) is 21.1. The molecule has 29 heavy (non-hydrogen) atoms. The predicted octanol–water partition coefficient (Wildman–Crippen LogP) is 5.94. The Hall–Kier alpha value is -2.74. The van der Waals surface area contributed by atoms with Crippen LogP contribution in [0.4, 0.5) is 13.2 Å². The molecule has 0 aliphatic heterocycles. The van der Waals surface area contributed by atoms with Crippen molar-refractivity contribution in [2.45, 2.75) is 40.3 Å². The van der Waals surface area contributed by atoms with Crippen molar-refractivity contribution in [3.8, 4) is 16.9 Å². The molecule has 0 fully saturated rings. The lowest BCUT2D eigenvalue weighted by molar-refractivity contribution is -0.141. The molecular weight excluding hydrogens is 405 g/mol. The molecule has 4 rings (SSSR count). The van der Waals surface area contributed by atoms with Crippen molar-refractivity contribution in [2.24, 2.45) is 0 Å². The Bertz CT molecular complexity index is 1230. The summed E-state index contributed by atoms with van der Waals surface area (Å²) < 4.78 is 48.3. The first kappa shape index (κ1) is 19.6. The van der Waals surface area contributed by atoms with Crippen molar-refractivity contribution < 1.29 is 17.6 Å². The Labute approximate surface area is 169 Å². The van der Waals surface area contributed by atoms with Crippen LogP contribution in [0.5, 0.6) is 0 Å². The monoisotopic (exact) mass is 422 g/mol. The van der Waals surface area contributed by atoms with E-state index in [9.17, 15) is 13.2 Å². The normalized spacial score (nSPS) is 12.3. The minimum absolute atomic E-state index is 0.347. The highest BCUT2D eigenvalue weighted by atomic mass is 35.5. The first-order valence-electron chi connectivity index (χ1n) is 9.03. The maximum atomic E-state index is 13.2. The zero-order valence-corrected chi connectivity index (χ0v) is 17.0. The molecule has 3 heterocycles. The van der Waals surface area contributed by atoms with Crippen LogP contribution in [0, 0.1) is 20.8 Å². The number of fused-ring (bicyclic) bond motifs is 1. The van der Waals surface area contributed by atoms with Gasteiger partial charge in [-0.2, -0.15) is 27.9 Å². The molecule has 0 radical (unpaired) electrons. The smallest absolute Gasteiger partial charge is 0.435 e. The summed E-state index contributed by atoms with van der Waals surface area (Å²) in [7, 11) is 0. The molecule has 0 saturated heterocycles. The zero-order valence-electron chi connectivity index (χ0n) is 16.2. The number of hydrogen-bond donors (Lipinski definition) is 0. The molecular formula is C20H18ClF3N4O. The van der Waals surface area contributed by atoms with Gasteiger partial charge in [-0.3, -0.25) is 0 Å². The lowest BCUT2D eigenvalue weighted by atomic mass is 10.1. The summed E-state index contributed by atoms with van der Waals surface area (Å²) in [6.45, 7) is 7.18. The Morgan fingerprint density at radius 3 is 2.41 bits per heavy atom. The highest BCUT2D eigenvalue weighted by molar-refractivity contribution is 6.30. The molecule has 0 unspecified atom stereocenters. The lowest BCUT2D eigenvalue weighted by Crippen LogP contribution is -2.08. The fraction of sp³-hybridized carbons (Fsp3) is 0.300. The first-order valence-corrected chi connectivity index (χ1v) is 9.41. The van der Waals surface area contributed by atoms with Crippen LogP contribution in [0.15, 0.2) is 28.7 Å². The molecule has 0 spiro atoms. The Morgan fingerprint density at radius 1 is 1.10 bits per heavy atom. The molecule has 3 aromatic heterocycles. The number of rotatable bonds is 3. The van der Waals surface area contributed by atoms with Gasteiger partial charge in [-0.15, -0.1) is 0 Å². The number of halogens is 4. The molecule has 4 aromatic rings. The summed E-state index contributed by atoms with van der Waals surface area (Å²) in [5.74, 6) is 0.600. The van der Waals surface area contributed by atoms with Crippen LogP contribution in [0.3, 0.4) is 0 Å². The molecule has 9 heteroatoms. The summed E-state index contributed by atoms with van der Waals surface area (Å²) in [5.41, 5.74) is 3.31. The van der Waals surface area contributed by atoms with E-state index in [2.05, 4.69) is 10.2 Å². The Morgan fingerprint density at radius 2 is 1.83 bits per heavy atom. The van der Waals surface area contributed by atoms with E-state index >= 15 is 0 Å². The topological polar surface area (TPSA) is 48.3 Å². The maximum Gasteiger partial charge on any atom is 0.435 e. The molecule has 0 amide bonds. The number of aryl methyl sites for hydroxylation is 4. The number of nitrogens with zero attached hydrogens (tertiary/aromatic N) is 4. The SMILES string of the molecule is CCc1nn2c(-c3ccc(Cl)cc3C)c(C)oc2c1-n1nc(C(F)(F)F)cc1C. The summed E-state index contributed by atoms with van der Waals surface area (Å²) in [4.78, 5) is 0. The second-order valence-corrected chi connectivity index (χ2v) is 7.35. The van der Waals surface area contributed by atoms with Gasteiger partial charge in [-0.05, 0) is 51.0 Å². The minimum atomic E-state index is -4.53. The van der Waals surface area contributed by atoms with Crippen LogP contribution in [-0.2, 0) is 12.6 Å². The number of aromatic nitrogens is 4. The van der Waals surface area contributed by atoms with Crippen molar-refractivity contribution >= 4 is 17.3 Å². The molecule has 0 aliphatic carbocycles. The second-order valence-electron chi connectivity index (χ2n) is 6.91. The quantitative estimate of drug-likeness (QED) is 0.410. The number of benzene rings is 1. The molecule has 0 N–H and O–H groups in total. The molecule has 152 valence electrons. The summed E-state index contributed by atoms with van der Waals surface area (Å²) in [6, 6.07) is 6.51. The molecule has 0 aliphatic rings. The van der Waals surface area contributed by atoms with E-state index in [1.807, 2.05) is 26.0 Å². The molecule has 0 atom stereocenters. The summed E-state index contributed by atoms with van der Waals surface area (Å²) >= 11 is 6.08. The third kappa shape index (κ3) is 3.11. The van der Waals surface area contributed by atoms with Gasteiger partial charge >= 0.3 is 6.18 Å². The lowest BCUT2D eigenvalue weighted by Gasteiger charge is -2.05. The van der Waals surface area contributed by atoms with Crippen molar-refractivity contribution in [1.29, 1.82) is 0 Å². The van der Waals surface area contributed by atoms with Crippen LogP contribution in [0.2, 0.25) is 5.02 Å². The average Bonchev–Trinajstić information content (AvgIpc) is 3.26. The van der Waals surface area contributed by atoms with Crippen molar-refractivity contribution in [2.75, 3.05) is 0 Å². The molecule has 0 bridgehead atoms. The van der Waals surface area contributed by atoms with Crippen molar-refractivity contribution in [3.05, 3.63) is 57.7 Å².